The van der Waals surface area contributed by atoms with Crippen molar-refractivity contribution in [3.05, 3.63) is 109 Å². The van der Waals surface area contributed by atoms with Crippen LogP contribution in [0.4, 0.5) is 10.5 Å². The van der Waals surface area contributed by atoms with Crippen molar-refractivity contribution in [1.29, 1.82) is 0 Å². The number of furan rings is 1. The van der Waals surface area contributed by atoms with Crippen molar-refractivity contribution in [2.45, 2.75) is 64.1 Å². The second kappa shape index (κ2) is 20.7. The summed E-state index contributed by atoms with van der Waals surface area (Å²) in [5.41, 5.74) is 3.76. The lowest BCUT2D eigenvalue weighted by Crippen LogP contribution is -2.40. The molecule has 0 bridgehead atoms. The Balaban J connectivity index is 0.928. The maximum Gasteiger partial charge on any atom is 0.411 e. The van der Waals surface area contributed by atoms with Gasteiger partial charge in [-0.25, -0.2) is 4.79 Å². The van der Waals surface area contributed by atoms with Gasteiger partial charge in [0.2, 0.25) is 11.8 Å². The highest BCUT2D eigenvalue weighted by atomic mass is 16.6. The van der Waals surface area contributed by atoms with E-state index in [0.717, 1.165) is 74.2 Å². The van der Waals surface area contributed by atoms with Crippen LogP contribution in [0, 0.1) is 0 Å². The number of carbonyl (C=O) groups excluding carboxylic acids is 3. The van der Waals surface area contributed by atoms with Gasteiger partial charge >= 0.3 is 6.09 Å². The summed E-state index contributed by atoms with van der Waals surface area (Å²) in [5, 5.41) is 18.5. The molecule has 0 saturated carbocycles. The first-order valence-corrected chi connectivity index (χ1v) is 18.3. The predicted molar refractivity (Wildman–Crippen MR) is 201 cm³/mol. The van der Waals surface area contributed by atoms with Crippen LogP contribution in [0.5, 0.6) is 5.75 Å². The number of nitrogens with zero attached hydrogens (tertiary/aromatic N) is 2. The highest BCUT2D eigenvalue weighted by molar-refractivity contribution is 5.91. The van der Waals surface area contributed by atoms with Crippen molar-refractivity contribution >= 4 is 23.6 Å². The molecule has 3 aromatic carbocycles. The lowest BCUT2D eigenvalue weighted by atomic mass is 10.0. The molecule has 0 aliphatic carbocycles. The molecule has 276 valence electrons. The van der Waals surface area contributed by atoms with Crippen LogP contribution in [0.25, 0.3) is 11.1 Å². The number of ether oxygens (including phenoxy) is 1. The third-order valence-electron chi connectivity index (χ3n) is 9.22. The first kappa shape index (κ1) is 38.1. The third kappa shape index (κ3) is 13.2. The molecule has 0 atom stereocenters. The van der Waals surface area contributed by atoms with Crippen molar-refractivity contribution in [3.8, 4) is 16.9 Å². The van der Waals surface area contributed by atoms with Crippen molar-refractivity contribution in [1.82, 2.24) is 20.4 Å². The van der Waals surface area contributed by atoms with Gasteiger partial charge in [0.1, 0.15) is 17.6 Å². The van der Waals surface area contributed by atoms with Crippen LogP contribution in [0.15, 0.2) is 102 Å². The topological polar surface area (TPSA) is 136 Å². The fourth-order valence-electron chi connectivity index (χ4n) is 6.29. The summed E-state index contributed by atoms with van der Waals surface area (Å²) in [5.74, 6) is 0.963. The van der Waals surface area contributed by atoms with Gasteiger partial charge in [-0.15, -0.1) is 0 Å². The summed E-state index contributed by atoms with van der Waals surface area (Å²) in [4.78, 5) is 42.2. The quantitative estimate of drug-likeness (QED) is 0.0806. The van der Waals surface area contributed by atoms with Gasteiger partial charge < -0.3 is 29.8 Å². The van der Waals surface area contributed by atoms with Gasteiger partial charge in [-0.05, 0) is 73.7 Å². The highest BCUT2D eigenvalue weighted by Gasteiger charge is 2.23. The molecule has 11 nitrogen and oxygen atoms in total. The maximum absolute atomic E-state index is 12.7. The molecule has 5 rings (SSSR count). The number of hydrogen-bond acceptors (Lipinski definition) is 8. The van der Waals surface area contributed by atoms with Crippen molar-refractivity contribution in [2.75, 3.05) is 44.6 Å². The highest BCUT2D eigenvalue weighted by Crippen LogP contribution is 2.28. The number of para-hydroxylation sites is 1. The molecule has 52 heavy (non-hydrogen) atoms. The summed E-state index contributed by atoms with van der Waals surface area (Å²) in [6.07, 6.45) is 6.03. The number of nitrogens with one attached hydrogen (secondary N) is 3. The van der Waals surface area contributed by atoms with E-state index in [0.29, 0.717) is 51.3 Å². The van der Waals surface area contributed by atoms with E-state index in [1.807, 2.05) is 72.8 Å². The average molecular weight is 710 g/mol. The molecule has 4 aromatic rings. The Kier molecular flexibility index (Phi) is 15.1. The normalized spacial score (nSPS) is 13.5. The van der Waals surface area contributed by atoms with Crippen LogP contribution < -0.4 is 16.0 Å². The predicted octanol–water partition coefficient (Wildman–Crippen LogP) is 6.55. The first-order chi connectivity index (χ1) is 25.4. The number of piperidine rings is 1. The van der Waals surface area contributed by atoms with Crippen LogP contribution >= 0.6 is 0 Å². The Hall–Kier alpha value is -5.13. The molecule has 0 radical (unpaired) electrons. The molecule has 0 unspecified atom stereocenters. The Morgan fingerprint density at radius 3 is 2.33 bits per heavy atom. The van der Waals surface area contributed by atoms with E-state index in [4.69, 9.17) is 9.15 Å². The number of amides is 3. The molecule has 1 saturated heterocycles. The number of phenols is 1. The fraction of sp³-hybridized carbons (Fsp3) is 0.390. The molecule has 1 fully saturated rings. The number of hydrogen-bond donors (Lipinski definition) is 4. The van der Waals surface area contributed by atoms with E-state index in [-0.39, 0.29) is 23.7 Å². The van der Waals surface area contributed by atoms with Gasteiger partial charge in [0, 0.05) is 57.7 Å². The summed E-state index contributed by atoms with van der Waals surface area (Å²) >= 11 is 0. The Morgan fingerprint density at radius 2 is 1.56 bits per heavy atom. The zero-order valence-electron chi connectivity index (χ0n) is 29.8. The standard InChI is InChI=1S/C41H51N5O6/c47-34-17-15-32(16-18-34)31-46(28-22-40(49)43-30-36-12-9-29-51-36)24-8-2-7-23-42-39(48)21-27-45-25-19-35(20-26-45)52-41(50)44-38-14-6-5-13-37(38)33-10-3-1-4-11-33/h1,3-6,9-18,29,35,47H,2,7-8,19-28,30-31H2,(H,42,48)(H,43,49)(H,44,50). The fourth-order valence-corrected chi connectivity index (χ4v) is 6.29. The minimum absolute atomic E-state index is 0.0310. The molecule has 1 aliphatic rings. The van der Waals surface area contributed by atoms with Crippen LogP contribution in [-0.2, 0) is 27.4 Å². The molecule has 0 spiro atoms. The van der Waals surface area contributed by atoms with Crippen molar-refractivity contribution in [2.24, 2.45) is 0 Å². The lowest BCUT2D eigenvalue weighted by molar-refractivity contribution is -0.122. The number of phenolic OH excluding ortho intramolecular Hbond substituents is 1. The van der Waals surface area contributed by atoms with Gasteiger partial charge in [-0.1, -0.05) is 67.1 Å². The van der Waals surface area contributed by atoms with Gasteiger partial charge in [0.15, 0.2) is 0 Å². The largest absolute Gasteiger partial charge is 0.508 e. The average Bonchev–Trinajstić information content (AvgIpc) is 3.69. The number of benzene rings is 3. The SMILES string of the molecule is O=C(CCN1CCC(OC(=O)Nc2ccccc2-c2ccccc2)CC1)NCCCCCN(CCC(=O)NCc1ccco1)Cc1ccc(O)cc1. The maximum atomic E-state index is 12.7. The minimum atomic E-state index is -0.448. The number of carbonyl (C=O) groups is 3. The summed E-state index contributed by atoms with van der Waals surface area (Å²) in [7, 11) is 0. The number of rotatable bonds is 19. The summed E-state index contributed by atoms with van der Waals surface area (Å²) < 4.78 is 11.0. The van der Waals surface area contributed by atoms with Gasteiger partial charge in [-0.3, -0.25) is 19.8 Å². The zero-order valence-corrected chi connectivity index (χ0v) is 29.8. The van der Waals surface area contributed by atoms with Crippen LogP contribution in [0.2, 0.25) is 0 Å². The van der Waals surface area contributed by atoms with E-state index in [1.165, 1.54) is 0 Å². The number of anilines is 1. The molecular formula is C41H51N5O6. The Bertz CT molecular complexity index is 1660. The number of likely N-dealkylation sites (tertiary alicyclic amines) is 1. The van der Waals surface area contributed by atoms with Crippen molar-refractivity contribution < 1.29 is 28.6 Å². The smallest absolute Gasteiger partial charge is 0.411 e. The summed E-state index contributed by atoms with van der Waals surface area (Å²) in [6.45, 7) is 5.35. The molecular weight excluding hydrogens is 658 g/mol. The molecule has 3 amide bonds. The monoisotopic (exact) mass is 709 g/mol. The Labute approximate surface area is 306 Å². The number of aromatic hydroxyl groups is 1. The molecule has 2 heterocycles. The van der Waals surface area contributed by atoms with Crippen LogP contribution in [-0.4, -0.2) is 78.2 Å². The molecule has 11 heteroatoms. The summed E-state index contributed by atoms with van der Waals surface area (Å²) in [6, 6.07) is 28.4. The number of unbranched alkanes of at least 4 members (excludes halogenated alkanes) is 2. The van der Waals surface area contributed by atoms with E-state index in [9.17, 15) is 19.5 Å². The Morgan fingerprint density at radius 1 is 0.808 bits per heavy atom. The zero-order chi connectivity index (χ0) is 36.4. The van der Waals surface area contributed by atoms with Gasteiger partial charge in [0.25, 0.3) is 0 Å². The second-order valence-electron chi connectivity index (χ2n) is 13.2. The second-order valence-corrected chi connectivity index (χ2v) is 13.2. The lowest BCUT2D eigenvalue weighted by Gasteiger charge is -2.31. The van der Waals surface area contributed by atoms with E-state index in [1.54, 1.807) is 24.5 Å². The van der Waals surface area contributed by atoms with Crippen molar-refractivity contribution in [3.63, 3.8) is 0 Å². The van der Waals surface area contributed by atoms with E-state index >= 15 is 0 Å². The first-order valence-electron chi connectivity index (χ1n) is 18.3. The van der Waals surface area contributed by atoms with Crippen LogP contribution in [0.3, 0.4) is 0 Å². The van der Waals surface area contributed by atoms with Gasteiger partial charge in [-0.2, -0.15) is 0 Å². The molecule has 1 aromatic heterocycles. The minimum Gasteiger partial charge on any atom is -0.508 e. The van der Waals surface area contributed by atoms with Gasteiger partial charge in [0.05, 0.1) is 18.5 Å². The third-order valence-corrected chi connectivity index (χ3v) is 9.22. The van der Waals surface area contributed by atoms with Crippen LogP contribution in [0.1, 0.15) is 56.3 Å². The van der Waals surface area contributed by atoms with E-state index < -0.39 is 6.09 Å². The van der Waals surface area contributed by atoms with E-state index in [2.05, 4.69) is 25.8 Å². The molecule has 4 N–H and O–H groups in total. The molecule has 1 aliphatic heterocycles.